The summed E-state index contributed by atoms with van der Waals surface area (Å²) in [5.41, 5.74) is 6.56. The van der Waals surface area contributed by atoms with E-state index in [-0.39, 0.29) is 5.97 Å². The van der Waals surface area contributed by atoms with Gasteiger partial charge < -0.3 is 10.5 Å². The lowest BCUT2D eigenvalue weighted by molar-refractivity contribution is -0.140. The highest BCUT2D eigenvalue weighted by Crippen LogP contribution is 2.14. The van der Waals surface area contributed by atoms with Crippen molar-refractivity contribution in [2.24, 2.45) is 0 Å². The van der Waals surface area contributed by atoms with Crippen LogP contribution < -0.4 is 5.73 Å². The summed E-state index contributed by atoms with van der Waals surface area (Å²) in [4.78, 5) is 15.0. The molecule has 0 amide bonds. The van der Waals surface area contributed by atoms with Crippen molar-refractivity contribution in [2.45, 2.75) is 32.1 Å². The molecule has 1 aromatic heterocycles. The summed E-state index contributed by atoms with van der Waals surface area (Å²) < 4.78 is 4.55. The lowest BCUT2D eigenvalue weighted by Gasteiger charge is -1.99. The zero-order valence-corrected chi connectivity index (χ0v) is 9.68. The summed E-state index contributed by atoms with van der Waals surface area (Å²) in [5, 5.41) is 2.61. The quantitative estimate of drug-likeness (QED) is 0.597. The standard InChI is InChI=1S/C10H16N2O2S/c1-14-9(13)6-4-2-3-5-8-7-15-10(11)12-8/h7H,2-6H2,1H3,(H2,11,12). The number of esters is 1. The van der Waals surface area contributed by atoms with Gasteiger partial charge in [-0.15, -0.1) is 11.3 Å². The largest absolute Gasteiger partial charge is 0.469 e. The number of thiazole rings is 1. The van der Waals surface area contributed by atoms with Gasteiger partial charge in [-0.05, 0) is 19.3 Å². The number of rotatable bonds is 6. The molecule has 0 bridgehead atoms. The van der Waals surface area contributed by atoms with Crippen molar-refractivity contribution in [3.63, 3.8) is 0 Å². The van der Waals surface area contributed by atoms with Crippen LogP contribution in [-0.2, 0) is 16.0 Å². The highest BCUT2D eigenvalue weighted by Gasteiger charge is 2.01. The van der Waals surface area contributed by atoms with Gasteiger partial charge in [-0.25, -0.2) is 4.98 Å². The number of carbonyl (C=O) groups is 1. The highest BCUT2D eigenvalue weighted by atomic mass is 32.1. The fraction of sp³-hybridized carbons (Fsp3) is 0.600. The van der Waals surface area contributed by atoms with Crippen LogP contribution in [0.2, 0.25) is 0 Å². The molecule has 0 radical (unpaired) electrons. The molecule has 0 aromatic carbocycles. The van der Waals surface area contributed by atoms with Crippen LogP contribution in [0, 0.1) is 0 Å². The predicted octanol–water partition coefficient (Wildman–Crippen LogP) is 2.00. The lowest BCUT2D eigenvalue weighted by Crippen LogP contribution is -1.99. The first-order chi connectivity index (χ1) is 7.22. The Labute approximate surface area is 93.5 Å². The summed E-state index contributed by atoms with van der Waals surface area (Å²) in [7, 11) is 1.42. The minimum atomic E-state index is -0.132. The van der Waals surface area contributed by atoms with E-state index in [0.29, 0.717) is 11.6 Å². The number of unbranched alkanes of at least 4 members (excludes halogenated alkanes) is 2. The number of hydrogen-bond acceptors (Lipinski definition) is 5. The normalized spacial score (nSPS) is 10.2. The van der Waals surface area contributed by atoms with E-state index >= 15 is 0 Å². The molecule has 0 aliphatic carbocycles. The zero-order valence-electron chi connectivity index (χ0n) is 8.86. The molecule has 0 aliphatic heterocycles. The lowest BCUT2D eigenvalue weighted by atomic mass is 10.1. The molecule has 1 rings (SSSR count). The van der Waals surface area contributed by atoms with E-state index in [0.717, 1.165) is 31.4 Å². The first kappa shape index (κ1) is 12.0. The molecule has 0 atom stereocenters. The number of ether oxygens (including phenoxy) is 1. The van der Waals surface area contributed by atoms with E-state index in [4.69, 9.17) is 5.73 Å². The smallest absolute Gasteiger partial charge is 0.305 e. The number of nitrogen functional groups attached to an aromatic ring is 1. The summed E-state index contributed by atoms with van der Waals surface area (Å²) in [5.74, 6) is -0.132. The summed E-state index contributed by atoms with van der Waals surface area (Å²) in [6.07, 6.45) is 4.39. The van der Waals surface area contributed by atoms with Crippen molar-refractivity contribution >= 4 is 22.4 Å². The number of anilines is 1. The van der Waals surface area contributed by atoms with Crippen LogP contribution in [-0.4, -0.2) is 18.1 Å². The molecule has 0 unspecified atom stereocenters. The SMILES string of the molecule is COC(=O)CCCCCc1csc(N)n1. The molecule has 4 nitrogen and oxygen atoms in total. The topological polar surface area (TPSA) is 65.2 Å². The minimum Gasteiger partial charge on any atom is -0.469 e. The zero-order chi connectivity index (χ0) is 11.1. The van der Waals surface area contributed by atoms with Gasteiger partial charge in [0.25, 0.3) is 0 Å². The van der Waals surface area contributed by atoms with Crippen molar-refractivity contribution < 1.29 is 9.53 Å². The number of hydrogen-bond donors (Lipinski definition) is 1. The Balaban J connectivity index is 2.05. The maximum absolute atomic E-state index is 10.8. The van der Waals surface area contributed by atoms with E-state index in [1.165, 1.54) is 18.4 Å². The van der Waals surface area contributed by atoms with Crippen LogP contribution in [0.3, 0.4) is 0 Å². The van der Waals surface area contributed by atoms with Gasteiger partial charge in [-0.1, -0.05) is 6.42 Å². The van der Waals surface area contributed by atoms with Crippen LogP contribution in [0.15, 0.2) is 5.38 Å². The highest BCUT2D eigenvalue weighted by molar-refractivity contribution is 7.13. The third-order valence-corrected chi connectivity index (χ3v) is 2.83. The molecule has 1 heterocycles. The summed E-state index contributed by atoms with van der Waals surface area (Å²) in [6.45, 7) is 0. The van der Waals surface area contributed by atoms with Gasteiger partial charge in [-0.2, -0.15) is 0 Å². The fourth-order valence-electron chi connectivity index (χ4n) is 1.29. The van der Waals surface area contributed by atoms with Crippen LogP contribution in [0.25, 0.3) is 0 Å². The predicted molar refractivity (Wildman–Crippen MR) is 60.7 cm³/mol. The van der Waals surface area contributed by atoms with Crippen LogP contribution in [0.4, 0.5) is 5.13 Å². The third-order valence-electron chi connectivity index (χ3n) is 2.11. The van der Waals surface area contributed by atoms with Gasteiger partial charge in [0, 0.05) is 11.8 Å². The maximum Gasteiger partial charge on any atom is 0.305 e. The van der Waals surface area contributed by atoms with Crippen LogP contribution in [0.1, 0.15) is 31.4 Å². The number of aromatic nitrogens is 1. The second kappa shape index (κ2) is 6.40. The average molecular weight is 228 g/mol. The van der Waals surface area contributed by atoms with Gasteiger partial charge in [0.2, 0.25) is 0 Å². The van der Waals surface area contributed by atoms with Gasteiger partial charge in [0.15, 0.2) is 5.13 Å². The molecular weight excluding hydrogens is 212 g/mol. The van der Waals surface area contributed by atoms with Crippen molar-refractivity contribution in [3.05, 3.63) is 11.1 Å². The van der Waals surface area contributed by atoms with Crippen LogP contribution in [0.5, 0.6) is 0 Å². The van der Waals surface area contributed by atoms with E-state index < -0.39 is 0 Å². The van der Waals surface area contributed by atoms with Crippen molar-refractivity contribution in [2.75, 3.05) is 12.8 Å². The molecular formula is C10H16N2O2S. The van der Waals surface area contributed by atoms with Gasteiger partial charge in [-0.3, -0.25) is 4.79 Å². The molecule has 1 aromatic rings. The van der Waals surface area contributed by atoms with E-state index in [2.05, 4.69) is 9.72 Å². The molecule has 84 valence electrons. The Hall–Kier alpha value is -1.10. The third kappa shape index (κ3) is 4.78. The van der Waals surface area contributed by atoms with Gasteiger partial charge in [0.05, 0.1) is 12.8 Å². The van der Waals surface area contributed by atoms with Crippen molar-refractivity contribution in [1.82, 2.24) is 4.98 Å². The minimum absolute atomic E-state index is 0.132. The first-order valence-corrected chi connectivity index (χ1v) is 5.87. The van der Waals surface area contributed by atoms with Crippen molar-refractivity contribution in [1.29, 1.82) is 0 Å². The molecule has 2 N–H and O–H groups in total. The summed E-state index contributed by atoms with van der Waals surface area (Å²) >= 11 is 1.47. The monoisotopic (exact) mass is 228 g/mol. The molecule has 0 saturated carbocycles. The molecule has 0 saturated heterocycles. The van der Waals surface area contributed by atoms with Gasteiger partial charge >= 0.3 is 5.97 Å². The Morgan fingerprint density at radius 2 is 2.33 bits per heavy atom. The second-order valence-corrected chi connectivity index (χ2v) is 4.20. The van der Waals surface area contributed by atoms with Crippen molar-refractivity contribution in [3.8, 4) is 0 Å². The van der Waals surface area contributed by atoms with E-state index in [9.17, 15) is 4.79 Å². The molecule has 0 fully saturated rings. The molecule has 15 heavy (non-hydrogen) atoms. The number of methoxy groups -OCH3 is 1. The Morgan fingerprint density at radius 1 is 1.53 bits per heavy atom. The number of aryl methyl sites for hydroxylation is 1. The number of carbonyl (C=O) groups excluding carboxylic acids is 1. The first-order valence-electron chi connectivity index (χ1n) is 4.99. The average Bonchev–Trinajstić information content (AvgIpc) is 2.63. The van der Waals surface area contributed by atoms with Crippen LogP contribution >= 0.6 is 11.3 Å². The Kier molecular flexibility index (Phi) is 5.10. The van der Waals surface area contributed by atoms with E-state index in [1.807, 2.05) is 5.38 Å². The fourth-order valence-corrected chi connectivity index (χ4v) is 1.89. The number of nitrogens with two attached hydrogens (primary N) is 1. The molecule has 0 aliphatic rings. The molecule has 0 spiro atoms. The Bertz CT molecular complexity index is 312. The second-order valence-electron chi connectivity index (χ2n) is 3.31. The Morgan fingerprint density at radius 3 is 2.93 bits per heavy atom. The van der Waals surface area contributed by atoms with E-state index in [1.54, 1.807) is 0 Å². The summed E-state index contributed by atoms with van der Waals surface area (Å²) in [6, 6.07) is 0. The molecule has 5 heteroatoms. The number of nitrogens with zero attached hydrogens (tertiary/aromatic N) is 1. The van der Waals surface area contributed by atoms with Gasteiger partial charge in [0.1, 0.15) is 0 Å². The maximum atomic E-state index is 10.8.